The second kappa shape index (κ2) is 8.95. The van der Waals surface area contributed by atoms with Crippen LogP contribution in [0.1, 0.15) is 22.3 Å². The molecule has 0 aliphatic heterocycles. The molecule has 0 spiro atoms. The van der Waals surface area contributed by atoms with Gasteiger partial charge >= 0.3 is 24.7 Å². The molecule has 15 heteroatoms. The van der Waals surface area contributed by atoms with E-state index in [0.29, 0.717) is 0 Å². The van der Waals surface area contributed by atoms with Crippen LogP contribution in [-0.4, -0.2) is 0 Å². The van der Waals surface area contributed by atoms with Gasteiger partial charge in [-0.3, -0.25) is 0 Å². The first kappa shape index (κ1) is 27.8. The van der Waals surface area contributed by atoms with Gasteiger partial charge in [0.15, 0.2) is 0 Å². The molecule has 0 saturated carbocycles. The van der Waals surface area contributed by atoms with Crippen LogP contribution >= 0.6 is 0 Å². The fourth-order valence-corrected chi connectivity index (χ4v) is 3.68. The number of alkyl halides is 12. The number of hydrogen-bond acceptors (Lipinski definition) is 3. The van der Waals surface area contributed by atoms with Crippen molar-refractivity contribution in [3.8, 4) is 0 Å². The minimum Gasteiger partial charge on any atom is -0.399 e. The predicted molar refractivity (Wildman–Crippen MR) is 110 cm³/mol. The van der Waals surface area contributed by atoms with Crippen molar-refractivity contribution < 1.29 is 52.7 Å². The molecule has 0 unspecified atom stereocenters. The van der Waals surface area contributed by atoms with Gasteiger partial charge in [-0.1, -0.05) is 18.2 Å². The third-order valence-electron chi connectivity index (χ3n) is 4.95. The highest BCUT2D eigenvalue weighted by Crippen LogP contribution is 2.53. The number of nitrogens with zero attached hydrogens (tertiary/aromatic N) is 1. The third kappa shape index (κ3) is 5.64. The molecule has 0 heterocycles. The molecule has 200 valence electrons. The van der Waals surface area contributed by atoms with Gasteiger partial charge in [0.05, 0.1) is 33.6 Å². The Morgan fingerprint density at radius 3 is 1.14 bits per heavy atom. The molecule has 0 aliphatic carbocycles. The molecule has 3 rings (SSSR count). The average Bonchev–Trinajstić information content (AvgIpc) is 2.71. The smallest absolute Gasteiger partial charge is 0.399 e. The van der Waals surface area contributed by atoms with Gasteiger partial charge in [0.25, 0.3) is 0 Å². The van der Waals surface area contributed by atoms with Gasteiger partial charge in [-0.2, -0.15) is 52.7 Å². The lowest BCUT2D eigenvalue weighted by Crippen LogP contribution is -2.26. The maximum absolute atomic E-state index is 14.1. The Kier molecular flexibility index (Phi) is 6.73. The highest BCUT2D eigenvalue weighted by Gasteiger charge is 2.49. The maximum atomic E-state index is 14.1. The first-order valence-electron chi connectivity index (χ1n) is 9.74. The summed E-state index contributed by atoms with van der Waals surface area (Å²) in [7, 11) is 0. The molecule has 0 atom stereocenters. The molecule has 0 fully saturated rings. The largest absolute Gasteiger partial charge is 0.419 e. The van der Waals surface area contributed by atoms with Crippen molar-refractivity contribution in [1.29, 1.82) is 0 Å². The molecule has 3 aromatic carbocycles. The van der Waals surface area contributed by atoms with E-state index in [1.54, 1.807) is 0 Å². The van der Waals surface area contributed by atoms with E-state index in [9.17, 15) is 52.7 Å². The van der Waals surface area contributed by atoms with Crippen molar-refractivity contribution in [1.82, 2.24) is 0 Å². The van der Waals surface area contributed by atoms with E-state index in [1.165, 1.54) is 6.07 Å². The molecule has 37 heavy (non-hydrogen) atoms. The van der Waals surface area contributed by atoms with E-state index in [0.717, 1.165) is 24.3 Å². The molecule has 0 aliphatic rings. The van der Waals surface area contributed by atoms with Crippen LogP contribution in [-0.2, 0) is 24.7 Å². The first-order valence-corrected chi connectivity index (χ1v) is 9.74. The van der Waals surface area contributed by atoms with E-state index in [4.69, 9.17) is 11.5 Å². The quantitative estimate of drug-likeness (QED) is 0.256. The Morgan fingerprint density at radius 1 is 0.486 bits per heavy atom. The first-order chi connectivity index (χ1) is 16.7. The Morgan fingerprint density at radius 2 is 0.838 bits per heavy atom. The summed E-state index contributed by atoms with van der Waals surface area (Å²) in [4.78, 5) is -0.0388. The van der Waals surface area contributed by atoms with Crippen LogP contribution in [0.2, 0.25) is 0 Å². The van der Waals surface area contributed by atoms with Crippen molar-refractivity contribution in [2.24, 2.45) is 0 Å². The molecule has 0 amide bonds. The van der Waals surface area contributed by atoms with Crippen molar-refractivity contribution in [3.63, 3.8) is 0 Å². The normalized spacial score (nSPS) is 13.1. The summed E-state index contributed by atoms with van der Waals surface area (Å²) < 4.78 is 166. The van der Waals surface area contributed by atoms with Gasteiger partial charge in [0, 0.05) is 17.1 Å². The lowest BCUT2D eigenvalue weighted by atomic mass is 9.97. The highest BCUT2D eigenvalue weighted by molar-refractivity contribution is 5.85. The molecule has 0 radical (unpaired) electrons. The van der Waals surface area contributed by atoms with Gasteiger partial charge in [-0.25, -0.2) is 0 Å². The van der Waals surface area contributed by atoms with Gasteiger partial charge in [-0.05, 0) is 36.4 Å². The predicted octanol–water partition coefficient (Wildman–Crippen LogP) is 8.40. The minimum atomic E-state index is -5.84. The number of nitrogens with two attached hydrogens (primary N) is 2. The summed E-state index contributed by atoms with van der Waals surface area (Å²) in [6, 6.07) is 5.61. The van der Waals surface area contributed by atoms with Crippen LogP contribution in [0.3, 0.4) is 0 Å². The second-order valence-corrected chi connectivity index (χ2v) is 7.59. The van der Waals surface area contributed by atoms with Crippen molar-refractivity contribution in [2.45, 2.75) is 24.7 Å². The fourth-order valence-electron chi connectivity index (χ4n) is 3.68. The van der Waals surface area contributed by atoms with Crippen LogP contribution in [0.25, 0.3) is 0 Å². The standard InChI is InChI=1S/C22H13F12N3/c23-19(24,25)13-6-10(35)8-15(17(13)21(29,30)31)37(12-4-2-1-3-5-12)16-9-11(36)7-14(20(26,27)28)18(16)22(32,33)34/h1-9H,35-36H2. The SMILES string of the molecule is Nc1cc(N(c2ccccc2)c2cc(N)cc(C(F)(F)F)c2C(F)(F)F)c(C(F)(F)F)c(C(F)(F)F)c1. The Balaban J connectivity index is 2.62. The van der Waals surface area contributed by atoms with Crippen molar-refractivity contribution in [3.05, 3.63) is 76.9 Å². The maximum Gasteiger partial charge on any atom is 0.419 e. The molecule has 3 aromatic rings. The van der Waals surface area contributed by atoms with Crippen LogP contribution in [0.15, 0.2) is 54.6 Å². The summed E-state index contributed by atoms with van der Waals surface area (Å²) in [5, 5.41) is 0. The number of rotatable bonds is 3. The van der Waals surface area contributed by atoms with Crippen LogP contribution in [0, 0.1) is 0 Å². The topological polar surface area (TPSA) is 55.3 Å². The van der Waals surface area contributed by atoms with Gasteiger partial charge in [-0.15, -0.1) is 0 Å². The summed E-state index contributed by atoms with van der Waals surface area (Å²) in [6.07, 6.45) is -23.1. The summed E-state index contributed by atoms with van der Waals surface area (Å²) in [5.74, 6) is 0. The highest BCUT2D eigenvalue weighted by atomic mass is 19.4. The Bertz CT molecular complexity index is 1210. The Labute approximate surface area is 199 Å². The number of benzene rings is 3. The second-order valence-electron chi connectivity index (χ2n) is 7.59. The van der Waals surface area contributed by atoms with Crippen molar-refractivity contribution in [2.75, 3.05) is 16.4 Å². The summed E-state index contributed by atoms with van der Waals surface area (Å²) in [6.45, 7) is 0. The van der Waals surface area contributed by atoms with E-state index >= 15 is 0 Å². The van der Waals surface area contributed by atoms with E-state index in [2.05, 4.69) is 0 Å². The average molecular weight is 547 g/mol. The van der Waals surface area contributed by atoms with E-state index < -0.39 is 75.4 Å². The molecule has 0 aromatic heterocycles. The molecule has 3 nitrogen and oxygen atoms in total. The lowest BCUT2D eigenvalue weighted by molar-refractivity contribution is -0.162. The molecule has 0 bridgehead atoms. The minimum absolute atomic E-state index is 0.0388. The van der Waals surface area contributed by atoms with Gasteiger partial charge < -0.3 is 16.4 Å². The zero-order valence-electron chi connectivity index (χ0n) is 17.8. The molecular weight excluding hydrogens is 534 g/mol. The number of hydrogen-bond donors (Lipinski definition) is 2. The van der Waals surface area contributed by atoms with E-state index in [-0.39, 0.29) is 29.2 Å². The number of para-hydroxylation sites is 1. The van der Waals surface area contributed by atoms with Crippen LogP contribution < -0.4 is 16.4 Å². The molecule has 4 N–H and O–H groups in total. The summed E-state index contributed by atoms with van der Waals surface area (Å²) in [5.41, 5.74) is -4.62. The van der Waals surface area contributed by atoms with Gasteiger partial charge in [0.1, 0.15) is 0 Å². The number of nitrogen functional groups attached to an aromatic ring is 2. The number of anilines is 5. The van der Waals surface area contributed by atoms with Crippen LogP contribution in [0.4, 0.5) is 81.1 Å². The third-order valence-corrected chi connectivity index (χ3v) is 4.95. The zero-order chi connectivity index (χ0) is 28.1. The Hall–Kier alpha value is -3.78. The zero-order valence-corrected chi connectivity index (χ0v) is 17.8. The van der Waals surface area contributed by atoms with Crippen LogP contribution in [0.5, 0.6) is 0 Å². The van der Waals surface area contributed by atoms with E-state index in [1.807, 2.05) is 0 Å². The molecular formula is C22H13F12N3. The monoisotopic (exact) mass is 547 g/mol. The summed E-state index contributed by atoms with van der Waals surface area (Å²) >= 11 is 0. The molecule has 0 saturated heterocycles. The van der Waals surface area contributed by atoms with Crippen molar-refractivity contribution >= 4 is 28.4 Å². The fraction of sp³-hybridized carbons (Fsp3) is 0.182. The van der Waals surface area contributed by atoms with Gasteiger partial charge in [0.2, 0.25) is 0 Å². The lowest BCUT2D eigenvalue weighted by Gasteiger charge is -2.33. The number of halogens is 12.